The molecule has 0 aliphatic rings. The molecule has 0 bridgehead atoms. The summed E-state index contributed by atoms with van der Waals surface area (Å²) in [5, 5.41) is 16.3. The van der Waals surface area contributed by atoms with Crippen molar-refractivity contribution in [3.63, 3.8) is 0 Å². The highest BCUT2D eigenvalue weighted by Gasteiger charge is 2.18. The molecular formula is C16H15F2N3O3. The van der Waals surface area contributed by atoms with Crippen LogP contribution >= 0.6 is 0 Å². The Kier molecular flexibility index (Phi) is 5.51. The Morgan fingerprint density at radius 3 is 2.58 bits per heavy atom. The van der Waals surface area contributed by atoms with Crippen LogP contribution in [0.3, 0.4) is 0 Å². The molecule has 0 atom stereocenters. The molecule has 0 radical (unpaired) electrons. The maximum absolute atomic E-state index is 13.3. The maximum atomic E-state index is 13.3. The number of hydrogen-bond acceptors (Lipinski definition) is 4. The van der Waals surface area contributed by atoms with Crippen LogP contribution in [0.4, 0.5) is 8.78 Å². The average Bonchev–Trinajstić information content (AvgIpc) is 2.54. The fourth-order valence-electron chi connectivity index (χ4n) is 2.11. The van der Waals surface area contributed by atoms with E-state index >= 15 is 0 Å². The van der Waals surface area contributed by atoms with Gasteiger partial charge in [-0.2, -0.15) is 10.2 Å². The highest BCUT2D eigenvalue weighted by atomic mass is 19.2. The van der Waals surface area contributed by atoms with E-state index in [4.69, 9.17) is 5.11 Å². The molecule has 0 unspecified atom stereocenters. The first-order valence-electron chi connectivity index (χ1n) is 7.11. The third-order valence-electron chi connectivity index (χ3n) is 3.26. The van der Waals surface area contributed by atoms with Crippen LogP contribution in [0.1, 0.15) is 28.0 Å². The first kappa shape index (κ1) is 17.5. The van der Waals surface area contributed by atoms with Crippen LogP contribution in [-0.2, 0) is 11.3 Å². The van der Waals surface area contributed by atoms with Crippen molar-refractivity contribution in [3.8, 4) is 0 Å². The zero-order valence-corrected chi connectivity index (χ0v) is 12.9. The van der Waals surface area contributed by atoms with Crippen molar-refractivity contribution in [1.29, 1.82) is 0 Å². The molecule has 1 heterocycles. The van der Waals surface area contributed by atoms with Crippen LogP contribution in [0.2, 0.25) is 0 Å². The fraction of sp³-hybridized carbons (Fsp3) is 0.250. The van der Waals surface area contributed by atoms with E-state index in [1.54, 1.807) is 6.92 Å². The monoisotopic (exact) mass is 335 g/mol. The second kappa shape index (κ2) is 7.58. The molecule has 0 aliphatic carbocycles. The largest absolute Gasteiger partial charge is 0.481 e. The summed E-state index contributed by atoms with van der Waals surface area (Å²) in [6, 6.07) is 4.80. The van der Waals surface area contributed by atoms with Crippen LogP contribution in [0.15, 0.2) is 30.5 Å². The minimum atomic E-state index is -1.07. The van der Waals surface area contributed by atoms with Gasteiger partial charge in [0.15, 0.2) is 11.6 Å². The predicted octanol–water partition coefficient (Wildman–Crippen LogP) is 2.18. The molecule has 0 fully saturated rings. The summed E-state index contributed by atoms with van der Waals surface area (Å²) >= 11 is 0. The van der Waals surface area contributed by atoms with Crippen molar-refractivity contribution >= 4 is 11.9 Å². The molecule has 1 N–H and O–H groups in total. The topological polar surface area (TPSA) is 83.4 Å². The van der Waals surface area contributed by atoms with Gasteiger partial charge in [0.25, 0.3) is 5.91 Å². The molecule has 0 saturated heterocycles. The van der Waals surface area contributed by atoms with Crippen LogP contribution in [0.5, 0.6) is 0 Å². The minimum Gasteiger partial charge on any atom is -0.481 e. The van der Waals surface area contributed by atoms with E-state index in [0.717, 1.165) is 12.1 Å². The molecule has 2 rings (SSSR count). The molecule has 1 aromatic heterocycles. The molecule has 6 nitrogen and oxygen atoms in total. The Labute approximate surface area is 136 Å². The summed E-state index contributed by atoms with van der Waals surface area (Å²) in [4.78, 5) is 24.6. The van der Waals surface area contributed by atoms with Gasteiger partial charge in [-0.1, -0.05) is 6.07 Å². The number of benzene rings is 1. The molecule has 1 aromatic carbocycles. The second-order valence-corrected chi connectivity index (χ2v) is 5.20. The molecule has 126 valence electrons. The summed E-state index contributed by atoms with van der Waals surface area (Å²) in [6.07, 6.45) is 1.00. The van der Waals surface area contributed by atoms with Crippen LogP contribution in [0, 0.1) is 18.6 Å². The number of carbonyl (C=O) groups is 2. The number of halogens is 2. The first-order chi connectivity index (χ1) is 11.4. The maximum Gasteiger partial charge on any atom is 0.305 e. The van der Waals surface area contributed by atoms with Gasteiger partial charge < -0.3 is 10.0 Å². The molecule has 1 amide bonds. The van der Waals surface area contributed by atoms with Gasteiger partial charge in [0, 0.05) is 13.1 Å². The van der Waals surface area contributed by atoms with Gasteiger partial charge in [0.1, 0.15) is 0 Å². The number of carboxylic acid groups (broad SMARTS) is 1. The minimum absolute atomic E-state index is 0.0509. The lowest BCUT2D eigenvalue weighted by atomic mass is 10.1. The van der Waals surface area contributed by atoms with Gasteiger partial charge in [-0.25, -0.2) is 8.78 Å². The fourth-order valence-corrected chi connectivity index (χ4v) is 2.11. The standard InChI is InChI=1S/C16H15F2N3O3/c1-10-6-12(8-19-20-10)16(24)21(5-4-15(22)23)9-11-2-3-13(17)14(18)7-11/h2-3,6-8H,4-5,9H2,1H3,(H,22,23). The summed E-state index contributed by atoms with van der Waals surface area (Å²) in [5.74, 6) is -3.54. The Bertz CT molecular complexity index is 768. The van der Waals surface area contributed by atoms with Gasteiger partial charge >= 0.3 is 5.97 Å². The third-order valence-corrected chi connectivity index (χ3v) is 3.26. The third kappa shape index (κ3) is 4.55. The van der Waals surface area contributed by atoms with Crippen LogP contribution in [-0.4, -0.2) is 38.6 Å². The number of aromatic nitrogens is 2. The smallest absolute Gasteiger partial charge is 0.305 e. The van der Waals surface area contributed by atoms with Crippen LogP contribution < -0.4 is 0 Å². The Balaban J connectivity index is 2.24. The van der Waals surface area contributed by atoms with Crippen molar-refractivity contribution < 1.29 is 23.5 Å². The van der Waals surface area contributed by atoms with E-state index < -0.39 is 23.5 Å². The quantitative estimate of drug-likeness (QED) is 0.875. The number of carbonyl (C=O) groups excluding carboxylic acids is 1. The lowest BCUT2D eigenvalue weighted by Crippen LogP contribution is -2.33. The molecular weight excluding hydrogens is 320 g/mol. The Hall–Kier alpha value is -2.90. The highest BCUT2D eigenvalue weighted by Crippen LogP contribution is 2.14. The average molecular weight is 335 g/mol. The Morgan fingerprint density at radius 2 is 1.96 bits per heavy atom. The number of aliphatic carboxylic acids is 1. The molecule has 2 aromatic rings. The van der Waals surface area contributed by atoms with Gasteiger partial charge in [0.2, 0.25) is 0 Å². The first-order valence-corrected chi connectivity index (χ1v) is 7.11. The van der Waals surface area contributed by atoms with Crippen molar-refractivity contribution in [2.75, 3.05) is 6.54 Å². The number of carboxylic acids is 1. The second-order valence-electron chi connectivity index (χ2n) is 5.20. The van der Waals surface area contributed by atoms with Crippen molar-refractivity contribution in [3.05, 3.63) is 58.9 Å². The van der Waals surface area contributed by atoms with E-state index in [0.29, 0.717) is 11.3 Å². The molecule has 0 aliphatic heterocycles. The van der Waals surface area contributed by atoms with E-state index in [2.05, 4.69) is 10.2 Å². The molecule has 8 heteroatoms. The summed E-state index contributed by atoms with van der Waals surface area (Å²) in [5.41, 5.74) is 1.13. The number of amides is 1. The van der Waals surface area contributed by atoms with Crippen molar-refractivity contribution in [2.24, 2.45) is 0 Å². The van der Waals surface area contributed by atoms with E-state index in [1.165, 1.54) is 23.2 Å². The SMILES string of the molecule is Cc1cc(C(=O)N(CCC(=O)O)Cc2ccc(F)c(F)c2)cnn1. The molecule has 0 spiro atoms. The summed E-state index contributed by atoms with van der Waals surface area (Å²) in [7, 11) is 0. The number of rotatable bonds is 6. The normalized spacial score (nSPS) is 10.5. The number of aryl methyl sites for hydroxylation is 1. The van der Waals surface area contributed by atoms with Crippen molar-refractivity contribution in [1.82, 2.24) is 15.1 Å². The van der Waals surface area contributed by atoms with Crippen molar-refractivity contribution in [2.45, 2.75) is 19.9 Å². The van der Waals surface area contributed by atoms with E-state index in [-0.39, 0.29) is 25.1 Å². The van der Waals surface area contributed by atoms with Gasteiger partial charge in [0.05, 0.1) is 23.9 Å². The molecule has 24 heavy (non-hydrogen) atoms. The van der Waals surface area contributed by atoms with Gasteiger partial charge in [-0.05, 0) is 30.7 Å². The zero-order chi connectivity index (χ0) is 17.7. The highest BCUT2D eigenvalue weighted by molar-refractivity contribution is 5.94. The lowest BCUT2D eigenvalue weighted by Gasteiger charge is -2.22. The Morgan fingerprint density at radius 1 is 1.21 bits per heavy atom. The predicted molar refractivity (Wildman–Crippen MR) is 80.1 cm³/mol. The molecule has 0 saturated carbocycles. The van der Waals surface area contributed by atoms with Crippen LogP contribution in [0.25, 0.3) is 0 Å². The van der Waals surface area contributed by atoms with E-state index in [1.807, 2.05) is 0 Å². The number of nitrogens with zero attached hydrogens (tertiary/aromatic N) is 3. The zero-order valence-electron chi connectivity index (χ0n) is 12.9. The van der Waals surface area contributed by atoms with E-state index in [9.17, 15) is 18.4 Å². The summed E-state index contributed by atoms with van der Waals surface area (Å²) < 4.78 is 26.3. The van der Waals surface area contributed by atoms with Gasteiger partial charge in [-0.3, -0.25) is 9.59 Å². The number of hydrogen-bond donors (Lipinski definition) is 1. The summed E-state index contributed by atoms with van der Waals surface area (Å²) in [6.45, 7) is 1.54. The van der Waals surface area contributed by atoms with Gasteiger partial charge in [-0.15, -0.1) is 0 Å². The lowest BCUT2D eigenvalue weighted by molar-refractivity contribution is -0.137.